The van der Waals surface area contributed by atoms with Crippen molar-refractivity contribution < 1.29 is 28.5 Å². The summed E-state index contributed by atoms with van der Waals surface area (Å²) in [6.45, 7) is 1.45. The van der Waals surface area contributed by atoms with E-state index in [9.17, 15) is 9.59 Å². The molecule has 0 aliphatic carbocycles. The third-order valence-electron chi connectivity index (χ3n) is 3.94. The van der Waals surface area contributed by atoms with E-state index in [4.69, 9.17) is 9.47 Å². The minimum absolute atomic E-state index is 0.208. The highest BCUT2D eigenvalue weighted by molar-refractivity contribution is 5.95. The molecular formula is C21H24O6. The van der Waals surface area contributed by atoms with Gasteiger partial charge in [-0.1, -0.05) is 42.5 Å². The van der Waals surface area contributed by atoms with Crippen molar-refractivity contribution in [1.82, 2.24) is 0 Å². The molecule has 6 nitrogen and oxygen atoms in total. The number of benzene rings is 2. The minimum atomic E-state index is -0.974. The van der Waals surface area contributed by atoms with Gasteiger partial charge < -0.3 is 18.9 Å². The molecule has 144 valence electrons. The molecule has 0 radical (unpaired) electrons. The van der Waals surface area contributed by atoms with Gasteiger partial charge in [-0.2, -0.15) is 0 Å². The van der Waals surface area contributed by atoms with E-state index >= 15 is 0 Å². The Bertz CT molecular complexity index is 695. The molecule has 0 unspecified atom stereocenters. The summed E-state index contributed by atoms with van der Waals surface area (Å²) in [7, 11) is 2.49. The number of esters is 2. The Kier molecular flexibility index (Phi) is 8.32. The Morgan fingerprint density at radius 1 is 0.815 bits per heavy atom. The maximum atomic E-state index is 11.7. The van der Waals surface area contributed by atoms with E-state index in [0.29, 0.717) is 25.6 Å². The topological polar surface area (TPSA) is 71.1 Å². The zero-order chi connectivity index (χ0) is 19.5. The Balaban J connectivity index is 1.77. The molecule has 0 heterocycles. The maximum absolute atomic E-state index is 11.7. The van der Waals surface area contributed by atoms with Crippen molar-refractivity contribution in [3.63, 3.8) is 0 Å². The molecule has 0 N–H and O–H groups in total. The molecule has 0 saturated heterocycles. The van der Waals surface area contributed by atoms with Gasteiger partial charge in [-0.3, -0.25) is 9.59 Å². The van der Waals surface area contributed by atoms with Crippen LogP contribution in [0.25, 0.3) is 0 Å². The Morgan fingerprint density at radius 2 is 1.44 bits per heavy atom. The van der Waals surface area contributed by atoms with Crippen molar-refractivity contribution in [2.75, 3.05) is 27.4 Å². The van der Waals surface area contributed by atoms with Gasteiger partial charge >= 0.3 is 11.9 Å². The van der Waals surface area contributed by atoms with E-state index in [0.717, 1.165) is 11.1 Å². The Hall–Kier alpha value is -2.86. The maximum Gasteiger partial charge on any atom is 0.320 e. The predicted octanol–water partition coefficient (Wildman–Crippen LogP) is 2.79. The SMILES string of the molecule is COC(=O)C(Cc1ccc(OCCOCc2ccccc2)cc1)C(=O)OC. The fourth-order valence-corrected chi connectivity index (χ4v) is 2.49. The summed E-state index contributed by atoms with van der Waals surface area (Å²) in [5.74, 6) is -1.51. The van der Waals surface area contributed by atoms with Crippen LogP contribution in [0.3, 0.4) is 0 Å². The van der Waals surface area contributed by atoms with E-state index < -0.39 is 17.9 Å². The molecule has 6 heteroatoms. The van der Waals surface area contributed by atoms with E-state index in [1.165, 1.54) is 14.2 Å². The molecule has 0 aliphatic heterocycles. The second-order valence-electron chi connectivity index (χ2n) is 5.83. The third kappa shape index (κ3) is 6.75. The van der Waals surface area contributed by atoms with Gasteiger partial charge in [0.25, 0.3) is 0 Å². The molecule has 2 aromatic carbocycles. The van der Waals surface area contributed by atoms with E-state index in [1.54, 1.807) is 24.3 Å². The zero-order valence-electron chi connectivity index (χ0n) is 15.6. The first-order valence-electron chi connectivity index (χ1n) is 8.63. The molecule has 0 spiro atoms. The lowest BCUT2D eigenvalue weighted by Crippen LogP contribution is -2.28. The highest BCUT2D eigenvalue weighted by Crippen LogP contribution is 2.17. The normalized spacial score (nSPS) is 10.5. The highest BCUT2D eigenvalue weighted by atomic mass is 16.5. The number of ether oxygens (including phenoxy) is 4. The van der Waals surface area contributed by atoms with E-state index in [1.807, 2.05) is 30.3 Å². The van der Waals surface area contributed by atoms with Crippen LogP contribution in [0.15, 0.2) is 54.6 Å². The first-order chi connectivity index (χ1) is 13.1. The van der Waals surface area contributed by atoms with Gasteiger partial charge in [0.15, 0.2) is 5.92 Å². The van der Waals surface area contributed by atoms with Gasteiger partial charge in [0.05, 0.1) is 27.4 Å². The second-order valence-corrected chi connectivity index (χ2v) is 5.83. The largest absolute Gasteiger partial charge is 0.491 e. The molecule has 0 saturated carbocycles. The molecule has 0 fully saturated rings. The van der Waals surface area contributed by atoms with Gasteiger partial charge in [-0.25, -0.2) is 0 Å². The Labute approximate surface area is 159 Å². The van der Waals surface area contributed by atoms with Gasteiger partial charge in [-0.05, 0) is 29.7 Å². The van der Waals surface area contributed by atoms with Crippen LogP contribution in [0.4, 0.5) is 0 Å². The van der Waals surface area contributed by atoms with Gasteiger partial charge in [0, 0.05) is 0 Å². The number of carbonyl (C=O) groups excluding carboxylic acids is 2. The molecule has 0 atom stereocenters. The number of rotatable bonds is 10. The lowest BCUT2D eigenvalue weighted by atomic mass is 9.99. The predicted molar refractivity (Wildman–Crippen MR) is 99.3 cm³/mol. The summed E-state index contributed by atoms with van der Waals surface area (Å²) in [5, 5.41) is 0. The molecule has 0 aromatic heterocycles. The quantitative estimate of drug-likeness (QED) is 0.363. The van der Waals surface area contributed by atoms with Crippen molar-refractivity contribution in [1.29, 1.82) is 0 Å². The molecular weight excluding hydrogens is 348 g/mol. The summed E-state index contributed by atoms with van der Waals surface area (Å²) in [5.41, 5.74) is 1.93. The molecule has 0 aliphatic rings. The fraction of sp³-hybridized carbons (Fsp3) is 0.333. The lowest BCUT2D eigenvalue weighted by Gasteiger charge is -2.13. The summed E-state index contributed by atoms with van der Waals surface area (Å²) < 4.78 is 20.5. The van der Waals surface area contributed by atoms with E-state index in [2.05, 4.69) is 9.47 Å². The summed E-state index contributed by atoms with van der Waals surface area (Å²) in [6, 6.07) is 17.1. The van der Waals surface area contributed by atoms with Crippen LogP contribution >= 0.6 is 0 Å². The zero-order valence-corrected chi connectivity index (χ0v) is 15.6. The first kappa shape index (κ1) is 20.5. The summed E-state index contributed by atoms with van der Waals surface area (Å²) in [4.78, 5) is 23.5. The van der Waals surface area contributed by atoms with Crippen molar-refractivity contribution in [3.8, 4) is 5.75 Å². The monoisotopic (exact) mass is 372 g/mol. The lowest BCUT2D eigenvalue weighted by molar-refractivity contribution is -0.158. The van der Waals surface area contributed by atoms with Gasteiger partial charge in [-0.15, -0.1) is 0 Å². The number of hydrogen-bond acceptors (Lipinski definition) is 6. The number of hydrogen-bond donors (Lipinski definition) is 0. The third-order valence-corrected chi connectivity index (χ3v) is 3.94. The average molecular weight is 372 g/mol. The first-order valence-corrected chi connectivity index (χ1v) is 8.63. The Morgan fingerprint density at radius 3 is 2.04 bits per heavy atom. The van der Waals surface area contributed by atoms with Gasteiger partial charge in [0.2, 0.25) is 0 Å². The minimum Gasteiger partial charge on any atom is -0.491 e. The number of carbonyl (C=O) groups is 2. The van der Waals surface area contributed by atoms with E-state index in [-0.39, 0.29) is 6.42 Å². The van der Waals surface area contributed by atoms with Crippen molar-refractivity contribution >= 4 is 11.9 Å². The smallest absolute Gasteiger partial charge is 0.320 e. The molecule has 0 bridgehead atoms. The average Bonchev–Trinajstić information content (AvgIpc) is 2.72. The molecule has 27 heavy (non-hydrogen) atoms. The summed E-state index contributed by atoms with van der Waals surface area (Å²) >= 11 is 0. The molecule has 2 aromatic rings. The van der Waals surface area contributed by atoms with Crippen LogP contribution in [-0.4, -0.2) is 39.4 Å². The molecule has 2 rings (SSSR count). The van der Waals surface area contributed by atoms with Crippen molar-refractivity contribution in [3.05, 3.63) is 65.7 Å². The van der Waals surface area contributed by atoms with Crippen LogP contribution in [0.5, 0.6) is 5.75 Å². The molecule has 0 amide bonds. The van der Waals surface area contributed by atoms with Crippen LogP contribution < -0.4 is 4.74 Å². The fourth-order valence-electron chi connectivity index (χ4n) is 2.49. The second kappa shape index (κ2) is 11.0. The summed E-state index contributed by atoms with van der Waals surface area (Å²) in [6.07, 6.45) is 0.208. The van der Waals surface area contributed by atoms with Crippen LogP contribution in [0.1, 0.15) is 11.1 Å². The van der Waals surface area contributed by atoms with Crippen LogP contribution in [0, 0.1) is 5.92 Å². The standard InChI is InChI=1S/C21H24O6/c1-24-20(22)19(21(23)25-2)14-16-8-10-18(11-9-16)27-13-12-26-15-17-6-4-3-5-7-17/h3-11,19H,12-15H2,1-2H3. The van der Waals surface area contributed by atoms with Crippen LogP contribution in [0.2, 0.25) is 0 Å². The van der Waals surface area contributed by atoms with Gasteiger partial charge in [0.1, 0.15) is 12.4 Å². The van der Waals surface area contributed by atoms with Crippen molar-refractivity contribution in [2.24, 2.45) is 5.92 Å². The van der Waals surface area contributed by atoms with Crippen LogP contribution in [-0.2, 0) is 36.8 Å². The highest BCUT2D eigenvalue weighted by Gasteiger charge is 2.28. The van der Waals surface area contributed by atoms with Crippen molar-refractivity contribution in [2.45, 2.75) is 13.0 Å². The number of methoxy groups -OCH3 is 2.